The molecule has 0 saturated carbocycles. The number of piperidine rings is 1. The molecule has 7 nitrogen and oxygen atoms in total. The largest absolute Gasteiger partial charge is 0.495 e. The highest BCUT2D eigenvalue weighted by molar-refractivity contribution is 5.95. The van der Waals surface area contributed by atoms with Crippen LogP contribution in [0.4, 0.5) is 18.9 Å². The first-order chi connectivity index (χ1) is 27.6. The monoisotopic (exact) mass is 769 g/mol. The number of alkyl halides is 3. The van der Waals surface area contributed by atoms with Gasteiger partial charge in [0.1, 0.15) is 5.75 Å². The first-order valence-corrected chi connectivity index (χ1v) is 18.7. The fraction of sp³-hybridized carbons (Fsp3) is 0.234. The standard InChI is InChI=1S/C26H24N2O2.C21H18F3NO2/c1-30-25-10-6-5-9-24(25)27-17-19-28(20-18-27)26(29)23-15-13-22(14-16-23)12-11-21-7-3-2-4-8-21;22-21(23,24)18-3-1-2-16(14-18)5-4-15-6-8-17(9-7-15)20(27)25-12-10-19(26)11-13-25/h2-10,13-16H,17-20H2,1H3;1-3,6-9,14,19,26H,10-13H2. The Labute approximate surface area is 331 Å². The van der Waals surface area contributed by atoms with Gasteiger partial charge >= 0.3 is 6.18 Å². The molecule has 2 amide bonds. The number of halogens is 3. The fourth-order valence-corrected chi connectivity index (χ4v) is 6.45. The van der Waals surface area contributed by atoms with Crippen LogP contribution in [-0.2, 0) is 6.18 Å². The summed E-state index contributed by atoms with van der Waals surface area (Å²) in [5, 5.41) is 9.51. The minimum Gasteiger partial charge on any atom is -0.495 e. The number of amides is 2. The van der Waals surface area contributed by atoms with E-state index in [9.17, 15) is 27.9 Å². The number of aliphatic hydroxyl groups excluding tert-OH is 1. The van der Waals surface area contributed by atoms with E-state index in [2.05, 4.69) is 34.6 Å². The molecule has 290 valence electrons. The van der Waals surface area contributed by atoms with Gasteiger partial charge in [-0.3, -0.25) is 9.59 Å². The van der Waals surface area contributed by atoms with E-state index in [1.54, 1.807) is 36.3 Å². The molecular weight excluding hydrogens is 728 g/mol. The minimum atomic E-state index is -4.40. The summed E-state index contributed by atoms with van der Waals surface area (Å²) in [5.74, 6) is 12.7. The molecule has 5 aromatic carbocycles. The SMILES string of the molecule is COc1ccccc1N1CCN(C(=O)c2ccc(C#Cc3ccccc3)cc2)CC1.O=C(c1ccc(C#Cc2cccc(C(F)(F)F)c2)cc1)N1CCC(O)CC1. The number of likely N-dealkylation sites (tertiary alicyclic amines) is 1. The predicted molar refractivity (Wildman–Crippen MR) is 215 cm³/mol. The number of benzene rings is 5. The van der Waals surface area contributed by atoms with Crippen molar-refractivity contribution < 1.29 is 32.6 Å². The molecule has 1 N–H and O–H groups in total. The summed E-state index contributed by atoms with van der Waals surface area (Å²) < 4.78 is 43.7. The first-order valence-electron chi connectivity index (χ1n) is 18.7. The van der Waals surface area contributed by atoms with E-state index >= 15 is 0 Å². The Morgan fingerprint density at radius 2 is 1.07 bits per heavy atom. The number of hydrogen-bond donors (Lipinski definition) is 1. The van der Waals surface area contributed by atoms with Gasteiger partial charge < -0.3 is 24.5 Å². The number of piperazine rings is 1. The number of carbonyl (C=O) groups is 2. The van der Waals surface area contributed by atoms with Crippen molar-refractivity contribution in [1.82, 2.24) is 9.80 Å². The molecule has 2 fully saturated rings. The van der Waals surface area contributed by atoms with Gasteiger partial charge in [0.25, 0.3) is 11.8 Å². The van der Waals surface area contributed by atoms with Gasteiger partial charge in [-0.2, -0.15) is 13.2 Å². The van der Waals surface area contributed by atoms with Crippen molar-refractivity contribution >= 4 is 17.5 Å². The van der Waals surface area contributed by atoms with Crippen molar-refractivity contribution in [2.24, 2.45) is 0 Å². The lowest BCUT2D eigenvalue weighted by Gasteiger charge is -2.36. The molecule has 2 saturated heterocycles. The molecule has 0 unspecified atom stereocenters. The quantitative estimate of drug-likeness (QED) is 0.189. The van der Waals surface area contributed by atoms with E-state index in [0.29, 0.717) is 55.7 Å². The van der Waals surface area contributed by atoms with Gasteiger partial charge in [0.15, 0.2) is 0 Å². The summed E-state index contributed by atoms with van der Waals surface area (Å²) in [5.41, 5.74) is 4.33. The number of ether oxygens (including phenoxy) is 1. The van der Waals surface area contributed by atoms with Gasteiger partial charge in [0.05, 0.1) is 24.5 Å². The van der Waals surface area contributed by atoms with E-state index in [4.69, 9.17) is 4.74 Å². The van der Waals surface area contributed by atoms with Crippen molar-refractivity contribution in [3.05, 3.63) is 166 Å². The van der Waals surface area contributed by atoms with Crippen molar-refractivity contribution in [3.8, 4) is 29.4 Å². The van der Waals surface area contributed by atoms with Crippen LogP contribution in [0.1, 0.15) is 61.4 Å². The molecule has 0 radical (unpaired) electrons. The number of aliphatic hydroxyl groups is 1. The van der Waals surface area contributed by atoms with Crippen molar-refractivity contribution in [2.75, 3.05) is 51.3 Å². The second-order valence-electron chi connectivity index (χ2n) is 13.6. The van der Waals surface area contributed by atoms with Gasteiger partial charge in [0.2, 0.25) is 0 Å². The van der Waals surface area contributed by atoms with Gasteiger partial charge in [0, 0.05) is 72.6 Å². The van der Waals surface area contributed by atoms with Crippen LogP contribution in [0, 0.1) is 23.7 Å². The Balaban J connectivity index is 0.000000194. The van der Waals surface area contributed by atoms with Crippen LogP contribution in [-0.4, -0.2) is 79.2 Å². The summed E-state index contributed by atoms with van der Waals surface area (Å²) in [6.45, 7) is 3.99. The van der Waals surface area contributed by atoms with E-state index in [0.717, 1.165) is 47.8 Å². The lowest BCUT2D eigenvalue weighted by Crippen LogP contribution is -2.48. The highest BCUT2D eigenvalue weighted by Gasteiger charge is 2.30. The molecule has 0 bridgehead atoms. The molecule has 2 aliphatic heterocycles. The van der Waals surface area contributed by atoms with Crippen molar-refractivity contribution in [2.45, 2.75) is 25.1 Å². The average molecular weight is 770 g/mol. The van der Waals surface area contributed by atoms with E-state index in [1.807, 2.05) is 77.7 Å². The zero-order chi connectivity index (χ0) is 40.2. The molecule has 10 heteroatoms. The van der Waals surface area contributed by atoms with Crippen LogP contribution in [0.3, 0.4) is 0 Å². The van der Waals surface area contributed by atoms with Crippen LogP contribution in [0.25, 0.3) is 0 Å². The molecule has 7 rings (SSSR count). The van der Waals surface area contributed by atoms with Gasteiger partial charge in [-0.25, -0.2) is 0 Å². The Hall–Kier alpha value is -6.49. The maximum absolute atomic E-state index is 12.9. The molecule has 0 spiro atoms. The molecule has 0 atom stereocenters. The smallest absolute Gasteiger partial charge is 0.416 e. The third-order valence-electron chi connectivity index (χ3n) is 9.67. The zero-order valence-corrected chi connectivity index (χ0v) is 31.5. The average Bonchev–Trinajstić information content (AvgIpc) is 3.25. The summed E-state index contributed by atoms with van der Waals surface area (Å²) in [6, 6.07) is 37.0. The van der Waals surface area contributed by atoms with Crippen LogP contribution >= 0.6 is 0 Å². The lowest BCUT2D eigenvalue weighted by atomic mass is 10.1. The fourth-order valence-electron chi connectivity index (χ4n) is 6.45. The van der Waals surface area contributed by atoms with Crippen molar-refractivity contribution in [3.63, 3.8) is 0 Å². The lowest BCUT2D eigenvalue weighted by molar-refractivity contribution is -0.137. The van der Waals surface area contributed by atoms with E-state index in [1.165, 1.54) is 12.1 Å². The number of carbonyl (C=O) groups excluding carboxylic acids is 2. The summed E-state index contributed by atoms with van der Waals surface area (Å²) >= 11 is 0. The van der Waals surface area contributed by atoms with Crippen LogP contribution in [0.15, 0.2) is 127 Å². The predicted octanol–water partition coefficient (Wildman–Crippen LogP) is 7.76. The zero-order valence-electron chi connectivity index (χ0n) is 31.5. The summed E-state index contributed by atoms with van der Waals surface area (Å²) in [4.78, 5) is 31.2. The third kappa shape index (κ3) is 11.1. The Morgan fingerprint density at radius 3 is 1.61 bits per heavy atom. The van der Waals surface area contributed by atoms with Crippen LogP contribution < -0.4 is 9.64 Å². The Kier molecular flexibility index (Phi) is 13.3. The highest BCUT2D eigenvalue weighted by Crippen LogP contribution is 2.30. The summed E-state index contributed by atoms with van der Waals surface area (Å²) in [7, 11) is 1.69. The van der Waals surface area contributed by atoms with Crippen LogP contribution in [0.5, 0.6) is 5.75 Å². The van der Waals surface area contributed by atoms with Gasteiger partial charge in [-0.05, 0) is 104 Å². The third-order valence-corrected chi connectivity index (χ3v) is 9.67. The number of rotatable bonds is 4. The normalized spacial score (nSPS) is 14.2. The van der Waals surface area contributed by atoms with Gasteiger partial charge in [-0.1, -0.05) is 60.1 Å². The second-order valence-corrected chi connectivity index (χ2v) is 13.6. The van der Waals surface area contributed by atoms with E-state index < -0.39 is 11.7 Å². The number of para-hydroxylation sites is 2. The maximum atomic E-state index is 12.9. The highest BCUT2D eigenvalue weighted by atomic mass is 19.4. The topological polar surface area (TPSA) is 73.3 Å². The molecular formula is C47H42F3N3O4. The number of anilines is 1. The minimum absolute atomic E-state index is 0.0669. The molecule has 0 aliphatic carbocycles. The molecule has 2 heterocycles. The molecule has 5 aromatic rings. The second kappa shape index (κ2) is 18.9. The van der Waals surface area contributed by atoms with Crippen LogP contribution in [0.2, 0.25) is 0 Å². The summed E-state index contributed by atoms with van der Waals surface area (Å²) in [6.07, 6.45) is -3.59. The number of nitrogens with zero attached hydrogens (tertiary/aromatic N) is 3. The molecule has 57 heavy (non-hydrogen) atoms. The van der Waals surface area contributed by atoms with Gasteiger partial charge in [-0.15, -0.1) is 0 Å². The number of methoxy groups -OCH3 is 1. The first kappa shape index (κ1) is 40.2. The Morgan fingerprint density at radius 1 is 0.596 bits per heavy atom. The molecule has 2 aliphatic rings. The number of hydrogen-bond acceptors (Lipinski definition) is 5. The molecule has 0 aromatic heterocycles. The van der Waals surface area contributed by atoms with Crippen molar-refractivity contribution in [1.29, 1.82) is 0 Å². The van der Waals surface area contributed by atoms with E-state index in [-0.39, 0.29) is 23.5 Å². The maximum Gasteiger partial charge on any atom is 0.416 e. The Bertz CT molecular complexity index is 2260.